The van der Waals surface area contributed by atoms with Gasteiger partial charge in [-0.25, -0.2) is 22.9 Å². The predicted octanol–water partition coefficient (Wildman–Crippen LogP) is 0.641. The minimum atomic E-state index is -3.80. The molecule has 1 amide bonds. The molecule has 2 N–H and O–H groups in total. The number of imidazole rings is 1. The lowest BCUT2D eigenvalue weighted by Crippen LogP contribution is -2.47. The van der Waals surface area contributed by atoms with Crippen LogP contribution in [0.1, 0.15) is 44.3 Å². The van der Waals surface area contributed by atoms with E-state index in [1.54, 1.807) is 18.5 Å². The van der Waals surface area contributed by atoms with E-state index in [1.165, 1.54) is 11.1 Å². The molecule has 0 spiro atoms. The van der Waals surface area contributed by atoms with Gasteiger partial charge in [0.1, 0.15) is 11.9 Å². The average molecular weight is 398 g/mol. The van der Waals surface area contributed by atoms with E-state index in [9.17, 15) is 23.1 Å². The molecule has 1 saturated heterocycles. The van der Waals surface area contributed by atoms with Crippen LogP contribution in [0.15, 0.2) is 11.2 Å². The monoisotopic (exact) mass is 398 g/mol. The van der Waals surface area contributed by atoms with Gasteiger partial charge in [-0.2, -0.15) is 0 Å². The fourth-order valence-electron chi connectivity index (χ4n) is 4.19. The molecule has 150 valence electrons. The molecule has 1 aliphatic heterocycles. The molecule has 1 aliphatic carbocycles. The highest BCUT2D eigenvalue weighted by atomic mass is 32.2. The van der Waals surface area contributed by atoms with Crippen LogP contribution in [-0.4, -0.2) is 58.5 Å². The van der Waals surface area contributed by atoms with Gasteiger partial charge < -0.3 is 14.6 Å². The molecule has 0 radical (unpaired) electrons. The SMILES string of the molecule is Cc1nc(S(=O)(=O)NCCC(=O)N2C(C(=O)O)CC3CCCCC32)cn1C. The Balaban J connectivity index is 1.63. The minimum absolute atomic E-state index is 0.0394. The maximum Gasteiger partial charge on any atom is 0.326 e. The summed E-state index contributed by atoms with van der Waals surface area (Å²) in [6.07, 6.45) is 5.65. The van der Waals surface area contributed by atoms with Crippen LogP contribution in [0.2, 0.25) is 0 Å². The molecule has 1 aromatic heterocycles. The Morgan fingerprint density at radius 3 is 2.67 bits per heavy atom. The van der Waals surface area contributed by atoms with Crippen molar-refractivity contribution in [1.82, 2.24) is 19.2 Å². The number of amides is 1. The van der Waals surface area contributed by atoms with E-state index >= 15 is 0 Å². The molecule has 2 aliphatic rings. The largest absolute Gasteiger partial charge is 0.480 e. The molecule has 2 heterocycles. The number of likely N-dealkylation sites (tertiary alicyclic amines) is 1. The van der Waals surface area contributed by atoms with Gasteiger partial charge >= 0.3 is 5.97 Å². The van der Waals surface area contributed by atoms with Crippen molar-refractivity contribution in [3.8, 4) is 0 Å². The molecule has 1 saturated carbocycles. The van der Waals surface area contributed by atoms with Crippen molar-refractivity contribution in [1.29, 1.82) is 0 Å². The normalized spacial score (nSPS) is 25.4. The van der Waals surface area contributed by atoms with Crippen LogP contribution in [0, 0.1) is 12.8 Å². The van der Waals surface area contributed by atoms with Crippen LogP contribution in [0.5, 0.6) is 0 Å². The number of aryl methyl sites for hydroxylation is 2. The van der Waals surface area contributed by atoms with Crippen molar-refractivity contribution >= 4 is 21.9 Å². The molecule has 27 heavy (non-hydrogen) atoms. The van der Waals surface area contributed by atoms with Crippen LogP contribution in [0.4, 0.5) is 0 Å². The van der Waals surface area contributed by atoms with E-state index in [-0.39, 0.29) is 35.9 Å². The zero-order valence-corrected chi connectivity index (χ0v) is 16.4. The number of sulfonamides is 1. The number of nitrogens with one attached hydrogen (secondary N) is 1. The predicted molar refractivity (Wildman–Crippen MR) is 96.4 cm³/mol. The third-order valence-corrected chi connectivity index (χ3v) is 6.99. The second kappa shape index (κ2) is 7.59. The summed E-state index contributed by atoms with van der Waals surface area (Å²) in [6.45, 7) is 1.61. The number of rotatable bonds is 6. The summed E-state index contributed by atoms with van der Waals surface area (Å²) in [5.74, 6) is -0.493. The Morgan fingerprint density at radius 2 is 2.04 bits per heavy atom. The van der Waals surface area contributed by atoms with Crippen LogP contribution in [0.3, 0.4) is 0 Å². The van der Waals surface area contributed by atoms with Crippen LogP contribution < -0.4 is 4.72 Å². The lowest BCUT2D eigenvalue weighted by molar-refractivity contribution is -0.149. The summed E-state index contributed by atoms with van der Waals surface area (Å²) >= 11 is 0. The maximum atomic E-state index is 12.7. The summed E-state index contributed by atoms with van der Waals surface area (Å²) < 4.78 is 28.6. The van der Waals surface area contributed by atoms with Crippen molar-refractivity contribution in [3.63, 3.8) is 0 Å². The second-order valence-corrected chi connectivity index (χ2v) is 9.10. The lowest BCUT2D eigenvalue weighted by atomic mass is 9.84. The number of hydrogen-bond donors (Lipinski definition) is 2. The molecule has 3 atom stereocenters. The Labute approximate surface area is 158 Å². The van der Waals surface area contributed by atoms with Crippen LogP contribution in [0.25, 0.3) is 0 Å². The van der Waals surface area contributed by atoms with E-state index < -0.39 is 22.0 Å². The first-order valence-electron chi connectivity index (χ1n) is 9.24. The molecule has 9 nitrogen and oxygen atoms in total. The van der Waals surface area contributed by atoms with Crippen molar-refractivity contribution in [2.24, 2.45) is 13.0 Å². The van der Waals surface area contributed by atoms with Crippen molar-refractivity contribution in [3.05, 3.63) is 12.0 Å². The Morgan fingerprint density at radius 1 is 1.33 bits per heavy atom. The number of carbonyl (C=O) groups excluding carboxylic acids is 1. The number of aromatic nitrogens is 2. The van der Waals surface area contributed by atoms with Gasteiger partial charge in [0, 0.05) is 32.3 Å². The molecule has 1 aromatic rings. The smallest absolute Gasteiger partial charge is 0.326 e. The fraction of sp³-hybridized carbons (Fsp3) is 0.706. The number of fused-ring (bicyclic) bond motifs is 1. The number of nitrogens with zero attached hydrogens (tertiary/aromatic N) is 3. The number of carboxylic acids is 1. The fourth-order valence-corrected chi connectivity index (χ4v) is 5.26. The lowest BCUT2D eigenvalue weighted by Gasteiger charge is -2.33. The third kappa shape index (κ3) is 4.01. The molecule has 0 aromatic carbocycles. The second-order valence-electron chi connectivity index (χ2n) is 7.39. The summed E-state index contributed by atoms with van der Waals surface area (Å²) in [6, 6.07) is -0.844. The zero-order valence-electron chi connectivity index (χ0n) is 15.6. The van der Waals surface area contributed by atoms with Gasteiger partial charge in [0.15, 0.2) is 5.03 Å². The standard InChI is InChI=1S/C17H26N4O5S/c1-11-19-15(10-20(11)2)27(25,26)18-8-7-16(22)21-13-6-4-3-5-12(13)9-14(21)17(23)24/h10,12-14,18H,3-9H2,1-2H3,(H,23,24). The van der Waals surface area contributed by atoms with E-state index in [4.69, 9.17) is 0 Å². The topological polar surface area (TPSA) is 122 Å². The summed E-state index contributed by atoms with van der Waals surface area (Å²) in [5, 5.41) is 9.40. The van der Waals surface area contributed by atoms with E-state index in [1.807, 2.05) is 0 Å². The van der Waals surface area contributed by atoms with Gasteiger partial charge in [-0.1, -0.05) is 12.8 Å². The Kier molecular flexibility index (Phi) is 5.57. The van der Waals surface area contributed by atoms with Gasteiger partial charge in [0.05, 0.1) is 0 Å². The van der Waals surface area contributed by atoms with Crippen LogP contribution >= 0.6 is 0 Å². The molecule has 3 rings (SSSR count). The summed E-state index contributed by atoms with van der Waals surface area (Å²) in [5.41, 5.74) is 0. The first-order chi connectivity index (χ1) is 12.7. The van der Waals surface area contributed by atoms with Crippen molar-refractivity contribution in [2.45, 2.75) is 62.6 Å². The van der Waals surface area contributed by atoms with Gasteiger partial charge in [-0.3, -0.25) is 4.79 Å². The first-order valence-corrected chi connectivity index (χ1v) is 10.7. The average Bonchev–Trinajstić information content (AvgIpc) is 3.16. The number of hydrogen-bond acceptors (Lipinski definition) is 5. The molecular formula is C17H26N4O5S. The summed E-state index contributed by atoms with van der Waals surface area (Å²) in [4.78, 5) is 29.8. The molecule has 10 heteroatoms. The van der Waals surface area contributed by atoms with Gasteiger partial charge in [-0.05, 0) is 32.1 Å². The number of aliphatic carboxylic acids is 1. The molecule has 0 bridgehead atoms. The molecule has 2 fully saturated rings. The highest BCUT2D eigenvalue weighted by Crippen LogP contribution is 2.40. The Bertz CT molecular complexity index is 815. The highest BCUT2D eigenvalue weighted by Gasteiger charge is 2.47. The van der Waals surface area contributed by atoms with Crippen molar-refractivity contribution < 1.29 is 23.1 Å². The quantitative estimate of drug-likeness (QED) is 0.725. The highest BCUT2D eigenvalue weighted by molar-refractivity contribution is 7.89. The van der Waals surface area contributed by atoms with Crippen LogP contribution in [-0.2, 0) is 26.7 Å². The Hall–Kier alpha value is -1.94. The number of carbonyl (C=O) groups is 2. The van der Waals surface area contributed by atoms with E-state index in [0.29, 0.717) is 12.2 Å². The van der Waals surface area contributed by atoms with E-state index in [2.05, 4.69) is 9.71 Å². The van der Waals surface area contributed by atoms with E-state index in [0.717, 1.165) is 25.7 Å². The minimum Gasteiger partial charge on any atom is -0.480 e. The first kappa shape index (κ1) is 19.8. The summed E-state index contributed by atoms with van der Waals surface area (Å²) in [7, 11) is -2.10. The zero-order chi connectivity index (χ0) is 19.8. The third-order valence-electron chi connectivity index (χ3n) is 5.65. The maximum absolute atomic E-state index is 12.7. The number of carboxylic acid groups (broad SMARTS) is 1. The molecule has 3 unspecified atom stereocenters. The van der Waals surface area contributed by atoms with Gasteiger partial charge in [0.2, 0.25) is 5.91 Å². The van der Waals surface area contributed by atoms with Gasteiger partial charge in [-0.15, -0.1) is 0 Å². The van der Waals surface area contributed by atoms with Crippen molar-refractivity contribution in [2.75, 3.05) is 6.54 Å². The molecular weight excluding hydrogens is 372 g/mol. The van der Waals surface area contributed by atoms with Gasteiger partial charge in [0.25, 0.3) is 10.0 Å².